The Morgan fingerprint density at radius 2 is 2.24 bits per heavy atom. The van der Waals surface area contributed by atoms with Gasteiger partial charge in [0.25, 0.3) is 5.91 Å². The van der Waals surface area contributed by atoms with E-state index in [1.807, 2.05) is 24.4 Å². The second-order valence-corrected chi connectivity index (χ2v) is 6.08. The maximum Gasteiger partial charge on any atom is 0.265 e. The molecule has 1 aromatic heterocycles. The number of rotatable bonds is 4. The Hall–Kier alpha value is -1.81. The van der Waals surface area contributed by atoms with Gasteiger partial charge >= 0.3 is 0 Å². The fourth-order valence-electron chi connectivity index (χ4n) is 2.86. The summed E-state index contributed by atoms with van der Waals surface area (Å²) in [6, 6.07) is 10.4. The molecule has 1 aliphatic rings. The maximum atomic E-state index is 12.5. The van der Waals surface area contributed by atoms with Crippen LogP contribution in [-0.4, -0.2) is 12.5 Å². The number of hydrogen-bond acceptors (Lipinski definition) is 3. The number of ether oxygens (including phenoxy) is 1. The molecular formula is C17H19NO2S. The van der Waals surface area contributed by atoms with Crippen LogP contribution in [0.1, 0.15) is 46.6 Å². The van der Waals surface area contributed by atoms with Gasteiger partial charge in [0.15, 0.2) is 0 Å². The average molecular weight is 301 g/mol. The van der Waals surface area contributed by atoms with Crippen molar-refractivity contribution < 1.29 is 9.53 Å². The van der Waals surface area contributed by atoms with Gasteiger partial charge in [0.2, 0.25) is 0 Å². The van der Waals surface area contributed by atoms with Crippen molar-refractivity contribution in [3.05, 3.63) is 51.7 Å². The minimum atomic E-state index is -0.0323. The minimum absolute atomic E-state index is 0.0323. The van der Waals surface area contributed by atoms with Gasteiger partial charge in [0.1, 0.15) is 10.6 Å². The van der Waals surface area contributed by atoms with Crippen molar-refractivity contribution >= 4 is 17.2 Å². The lowest BCUT2D eigenvalue weighted by molar-refractivity contribution is 0.0933. The van der Waals surface area contributed by atoms with Crippen molar-refractivity contribution in [2.75, 3.05) is 6.61 Å². The van der Waals surface area contributed by atoms with Gasteiger partial charge in [-0.1, -0.05) is 24.3 Å². The maximum absolute atomic E-state index is 12.5. The largest absolute Gasteiger partial charge is 0.492 e. The first kappa shape index (κ1) is 14.1. The zero-order chi connectivity index (χ0) is 14.7. The van der Waals surface area contributed by atoms with E-state index in [1.54, 1.807) is 0 Å². The Balaban J connectivity index is 1.78. The van der Waals surface area contributed by atoms with Crippen LogP contribution in [0.4, 0.5) is 0 Å². The number of nitrogens with one attached hydrogen (secondary N) is 1. The second-order valence-electron chi connectivity index (χ2n) is 5.16. The summed E-state index contributed by atoms with van der Waals surface area (Å²) in [5.74, 6) is 0.652. The topological polar surface area (TPSA) is 38.3 Å². The highest BCUT2D eigenvalue weighted by Crippen LogP contribution is 2.31. The second kappa shape index (κ2) is 6.31. The van der Waals surface area contributed by atoms with E-state index < -0.39 is 0 Å². The molecule has 0 saturated heterocycles. The molecule has 0 radical (unpaired) electrons. The molecule has 1 amide bonds. The lowest BCUT2D eigenvalue weighted by atomic mass is 9.88. The van der Waals surface area contributed by atoms with E-state index in [9.17, 15) is 4.79 Å². The molecule has 3 rings (SSSR count). The predicted octanol–water partition coefficient (Wildman–Crippen LogP) is 3.95. The van der Waals surface area contributed by atoms with Crippen LogP contribution in [0.15, 0.2) is 35.7 Å². The van der Waals surface area contributed by atoms with Gasteiger partial charge in [0.05, 0.1) is 12.6 Å². The summed E-state index contributed by atoms with van der Waals surface area (Å²) >= 11 is 1.43. The first-order valence-electron chi connectivity index (χ1n) is 7.38. The first-order chi connectivity index (χ1) is 10.3. The molecule has 1 aliphatic carbocycles. The predicted molar refractivity (Wildman–Crippen MR) is 85.1 cm³/mol. The van der Waals surface area contributed by atoms with Crippen LogP contribution in [0.3, 0.4) is 0 Å². The first-order valence-corrected chi connectivity index (χ1v) is 8.26. The molecule has 3 nitrogen and oxygen atoms in total. The van der Waals surface area contributed by atoms with Crippen molar-refractivity contribution in [3.63, 3.8) is 0 Å². The van der Waals surface area contributed by atoms with E-state index >= 15 is 0 Å². The fraction of sp³-hybridized carbons (Fsp3) is 0.353. The third-order valence-corrected chi connectivity index (χ3v) is 4.70. The standard InChI is InChI=1S/C17H19NO2S/c1-2-20-15-10-11-21-16(15)17(19)18-14-9-5-7-12-6-3-4-8-13(12)14/h3-4,6,8,10-11,14H,2,5,7,9H2,1H3,(H,18,19). The molecule has 2 aromatic rings. The quantitative estimate of drug-likeness (QED) is 0.928. The average Bonchev–Trinajstić information content (AvgIpc) is 2.96. The van der Waals surface area contributed by atoms with Crippen molar-refractivity contribution in [1.29, 1.82) is 0 Å². The Labute approximate surface area is 129 Å². The number of hydrogen-bond donors (Lipinski definition) is 1. The molecule has 0 saturated carbocycles. The Morgan fingerprint density at radius 3 is 3.10 bits per heavy atom. The van der Waals surface area contributed by atoms with Gasteiger partial charge in [-0.2, -0.15) is 0 Å². The lowest BCUT2D eigenvalue weighted by Crippen LogP contribution is -2.30. The molecule has 1 N–H and O–H groups in total. The molecule has 1 atom stereocenters. The van der Waals surface area contributed by atoms with Crippen molar-refractivity contribution in [2.45, 2.75) is 32.2 Å². The number of benzene rings is 1. The summed E-state index contributed by atoms with van der Waals surface area (Å²) in [5, 5.41) is 5.07. The van der Waals surface area contributed by atoms with Crippen LogP contribution >= 0.6 is 11.3 Å². The molecule has 1 heterocycles. The van der Waals surface area contributed by atoms with E-state index in [4.69, 9.17) is 4.74 Å². The van der Waals surface area contributed by atoms with Crippen molar-refractivity contribution in [3.8, 4) is 5.75 Å². The Morgan fingerprint density at radius 1 is 1.38 bits per heavy atom. The van der Waals surface area contributed by atoms with Gasteiger partial charge in [-0.25, -0.2) is 0 Å². The zero-order valence-corrected chi connectivity index (χ0v) is 12.9. The molecule has 0 fully saturated rings. The highest BCUT2D eigenvalue weighted by atomic mass is 32.1. The molecular weight excluding hydrogens is 282 g/mol. The number of thiophene rings is 1. The monoisotopic (exact) mass is 301 g/mol. The van der Waals surface area contributed by atoms with E-state index in [0.717, 1.165) is 19.3 Å². The zero-order valence-electron chi connectivity index (χ0n) is 12.1. The van der Waals surface area contributed by atoms with Crippen LogP contribution in [0.5, 0.6) is 5.75 Å². The van der Waals surface area contributed by atoms with E-state index in [1.165, 1.54) is 22.5 Å². The summed E-state index contributed by atoms with van der Waals surface area (Å²) in [6.07, 6.45) is 3.22. The Bertz CT molecular complexity index is 635. The van der Waals surface area contributed by atoms with Gasteiger partial charge in [-0.05, 0) is 48.8 Å². The highest BCUT2D eigenvalue weighted by Gasteiger charge is 2.23. The lowest BCUT2D eigenvalue weighted by Gasteiger charge is -2.26. The molecule has 0 bridgehead atoms. The van der Waals surface area contributed by atoms with Gasteiger partial charge in [0, 0.05) is 0 Å². The van der Waals surface area contributed by atoms with Gasteiger partial charge < -0.3 is 10.1 Å². The number of carbonyl (C=O) groups is 1. The summed E-state index contributed by atoms with van der Waals surface area (Å²) in [4.78, 5) is 13.2. The van der Waals surface area contributed by atoms with Gasteiger partial charge in [-0.15, -0.1) is 11.3 Å². The van der Waals surface area contributed by atoms with Crippen LogP contribution in [0.2, 0.25) is 0 Å². The third kappa shape index (κ3) is 2.95. The number of amides is 1. The molecule has 4 heteroatoms. The molecule has 1 unspecified atom stereocenters. The van der Waals surface area contributed by atoms with Crippen LogP contribution in [-0.2, 0) is 6.42 Å². The number of carbonyl (C=O) groups excluding carboxylic acids is 1. The van der Waals surface area contributed by atoms with Crippen molar-refractivity contribution in [1.82, 2.24) is 5.32 Å². The molecule has 21 heavy (non-hydrogen) atoms. The number of aryl methyl sites for hydroxylation is 1. The van der Waals surface area contributed by atoms with E-state index in [-0.39, 0.29) is 11.9 Å². The van der Waals surface area contributed by atoms with Crippen LogP contribution in [0, 0.1) is 0 Å². The van der Waals surface area contributed by atoms with Crippen molar-refractivity contribution in [2.24, 2.45) is 0 Å². The summed E-state index contributed by atoms with van der Waals surface area (Å²) < 4.78 is 5.51. The van der Waals surface area contributed by atoms with Crippen LogP contribution < -0.4 is 10.1 Å². The molecule has 110 valence electrons. The normalized spacial score (nSPS) is 17.1. The summed E-state index contributed by atoms with van der Waals surface area (Å²) in [7, 11) is 0. The van der Waals surface area contributed by atoms with Crippen LogP contribution in [0.25, 0.3) is 0 Å². The molecule has 0 spiro atoms. The highest BCUT2D eigenvalue weighted by molar-refractivity contribution is 7.12. The minimum Gasteiger partial charge on any atom is -0.492 e. The molecule has 0 aliphatic heterocycles. The third-order valence-electron chi connectivity index (χ3n) is 3.81. The summed E-state index contributed by atoms with van der Waals surface area (Å²) in [6.45, 7) is 2.50. The Kier molecular flexibility index (Phi) is 4.25. The fourth-order valence-corrected chi connectivity index (χ4v) is 3.60. The molecule has 1 aromatic carbocycles. The summed E-state index contributed by atoms with van der Waals surface area (Å²) in [5.41, 5.74) is 2.61. The number of fused-ring (bicyclic) bond motifs is 1. The van der Waals surface area contributed by atoms with Gasteiger partial charge in [-0.3, -0.25) is 4.79 Å². The van der Waals surface area contributed by atoms with E-state index in [2.05, 4.69) is 23.5 Å². The van der Waals surface area contributed by atoms with E-state index in [0.29, 0.717) is 17.2 Å². The smallest absolute Gasteiger partial charge is 0.265 e. The SMILES string of the molecule is CCOc1ccsc1C(=O)NC1CCCc2ccccc21.